The smallest absolute Gasteiger partial charge is 0.255 e. The zero-order chi connectivity index (χ0) is 26.2. The van der Waals surface area contributed by atoms with Crippen molar-refractivity contribution in [1.82, 2.24) is 14.2 Å². The van der Waals surface area contributed by atoms with Gasteiger partial charge in [0.25, 0.3) is 5.91 Å². The van der Waals surface area contributed by atoms with Crippen LogP contribution in [0.4, 0.5) is 16.0 Å². The Bertz CT molecular complexity index is 1310. The van der Waals surface area contributed by atoms with E-state index in [4.69, 9.17) is 22.3 Å². The number of amides is 1. The average Bonchev–Trinajstić information content (AvgIpc) is 3.18. The monoisotopic (exact) mass is 551 g/mol. The number of piperidine rings is 1. The summed E-state index contributed by atoms with van der Waals surface area (Å²) in [7, 11) is 0. The molecule has 2 bridgehead atoms. The van der Waals surface area contributed by atoms with Crippen molar-refractivity contribution in [3.8, 4) is 0 Å². The lowest BCUT2D eigenvalue weighted by Gasteiger charge is -2.42. The molecular weight excluding hydrogens is 521 g/mol. The minimum absolute atomic E-state index is 0.150. The fraction of sp³-hybridized carbons (Fsp3) is 0.379. The van der Waals surface area contributed by atoms with E-state index in [0.29, 0.717) is 30.4 Å². The number of benzene rings is 2. The summed E-state index contributed by atoms with van der Waals surface area (Å²) in [6.07, 6.45) is 4.25. The van der Waals surface area contributed by atoms with Crippen LogP contribution < -0.4 is 10.6 Å². The molecule has 9 heteroatoms. The van der Waals surface area contributed by atoms with E-state index in [1.807, 2.05) is 11.0 Å². The second-order valence-electron chi connectivity index (χ2n) is 10.4. The van der Waals surface area contributed by atoms with E-state index >= 15 is 0 Å². The highest BCUT2D eigenvalue weighted by molar-refractivity contribution is 7.97. The Hall–Kier alpha value is -2.81. The predicted molar refractivity (Wildman–Crippen MR) is 151 cm³/mol. The molecule has 1 aromatic heterocycles. The molecule has 0 radical (unpaired) electrons. The zero-order valence-corrected chi connectivity index (χ0v) is 22.7. The first-order chi connectivity index (χ1) is 18.4. The summed E-state index contributed by atoms with van der Waals surface area (Å²) in [5, 5.41) is 0.150. The number of aromatic nitrogens is 1. The number of carbonyl (C=O) groups excluding carboxylic acids is 1. The maximum Gasteiger partial charge on any atom is 0.255 e. The first-order valence-electron chi connectivity index (χ1n) is 13.2. The average molecular weight is 552 g/mol. The number of anilines is 2. The Labute approximate surface area is 232 Å². The van der Waals surface area contributed by atoms with Gasteiger partial charge in [0.1, 0.15) is 17.5 Å². The zero-order valence-electron chi connectivity index (χ0n) is 21.1. The van der Waals surface area contributed by atoms with Crippen molar-refractivity contribution in [1.29, 1.82) is 0 Å². The van der Waals surface area contributed by atoms with Crippen LogP contribution in [0.2, 0.25) is 5.02 Å². The van der Waals surface area contributed by atoms with E-state index in [1.54, 1.807) is 11.9 Å². The van der Waals surface area contributed by atoms with Gasteiger partial charge in [0.15, 0.2) is 0 Å². The van der Waals surface area contributed by atoms with Gasteiger partial charge >= 0.3 is 0 Å². The predicted octanol–water partition coefficient (Wildman–Crippen LogP) is 5.84. The number of hydrogen-bond acceptors (Lipinski definition) is 6. The maximum absolute atomic E-state index is 13.5. The van der Waals surface area contributed by atoms with Gasteiger partial charge in [-0.3, -0.25) is 4.79 Å². The third-order valence-corrected chi connectivity index (χ3v) is 9.34. The molecule has 0 saturated carbocycles. The van der Waals surface area contributed by atoms with Gasteiger partial charge in [-0.15, -0.1) is 0 Å². The number of rotatable bonds is 5. The molecule has 2 N–H and O–H groups in total. The number of nitrogens with zero attached hydrogens (tertiary/aromatic N) is 4. The highest BCUT2D eigenvalue weighted by Gasteiger charge is 2.42. The Kier molecular flexibility index (Phi) is 7.20. The molecule has 4 heterocycles. The number of piperazine rings is 1. The number of pyridine rings is 1. The van der Waals surface area contributed by atoms with E-state index < -0.39 is 5.82 Å². The third kappa shape index (κ3) is 5.22. The molecule has 6 nitrogen and oxygen atoms in total. The number of fused-ring (bicyclic) bond motifs is 2. The highest BCUT2D eigenvalue weighted by Crippen LogP contribution is 2.39. The summed E-state index contributed by atoms with van der Waals surface area (Å²) in [5.41, 5.74) is 8.06. The second-order valence-corrected chi connectivity index (χ2v) is 12.0. The fourth-order valence-electron chi connectivity index (χ4n) is 6.13. The van der Waals surface area contributed by atoms with Gasteiger partial charge in [0.2, 0.25) is 0 Å². The molecule has 3 saturated heterocycles. The Balaban J connectivity index is 1.12. The molecule has 0 aliphatic carbocycles. The van der Waals surface area contributed by atoms with E-state index in [9.17, 15) is 9.18 Å². The summed E-state index contributed by atoms with van der Waals surface area (Å²) < 4.78 is 15.9. The first kappa shape index (κ1) is 25.5. The molecule has 1 amide bonds. The summed E-state index contributed by atoms with van der Waals surface area (Å²) in [6, 6.07) is 19.2. The lowest BCUT2D eigenvalue weighted by molar-refractivity contribution is 0.0717. The van der Waals surface area contributed by atoms with Gasteiger partial charge in [0, 0.05) is 43.2 Å². The number of hydrogen-bond donors (Lipinski definition) is 1. The summed E-state index contributed by atoms with van der Waals surface area (Å²) in [4.78, 5) is 23.2. The van der Waals surface area contributed by atoms with Crippen LogP contribution in [0.1, 0.15) is 47.5 Å². The Morgan fingerprint density at radius 2 is 1.68 bits per heavy atom. The van der Waals surface area contributed by atoms with Gasteiger partial charge in [-0.1, -0.05) is 41.9 Å². The Morgan fingerprint density at radius 1 is 0.974 bits per heavy atom. The van der Waals surface area contributed by atoms with Crippen LogP contribution in [0.5, 0.6) is 0 Å². The van der Waals surface area contributed by atoms with Crippen LogP contribution in [0.25, 0.3) is 0 Å². The Morgan fingerprint density at radius 3 is 2.37 bits per heavy atom. The fourth-order valence-corrected chi connectivity index (χ4v) is 7.40. The van der Waals surface area contributed by atoms with Gasteiger partial charge in [-0.25, -0.2) is 13.7 Å². The highest BCUT2D eigenvalue weighted by atomic mass is 35.5. The van der Waals surface area contributed by atoms with Gasteiger partial charge in [0.05, 0.1) is 10.6 Å². The molecule has 3 aromatic rings. The topological polar surface area (TPSA) is 65.7 Å². The van der Waals surface area contributed by atoms with Crippen LogP contribution in [-0.2, 0) is 0 Å². The second kappa shape index (κ2) is 10.8. The number of likely N-dealkylation sites (tertiary alicyclic amines) is 1. The molecule has 198 valence electrons. The van der Waals surface area contributed by atoms with Crippen LogP contribution in [0.15, 0.2) is 65.6 Å². The molecule has 2 atom stereocenters. The molecule has 38 heavy (non-hydrogen) atoms. The number of halogens is 2. The number of nitrogen functional groups attached to an aromatic ring is 1. The van der Waals surface area contributed by atoms with Gasteiger partial charge in [-0.05, 0) is 79.4 Å². The normalized spacial score (nSPS) is 22.2. The summed E-state index contributed by atoms with van der Waals surface area (Å²) >= 11 is 7.94. The van der Waals surface area contributed by atoms with Crippen molar-refractivity contribution in [2.75, 3.05) is 36.8 Å². The molecule has 3 aliphatic rings. The summed E-state index contributed by atoms with van der Waals surface area (Å²) in [5.74, 6) is 1.41. The number of carbonyl (C=O) groups is 1. The minimum Gasteiger partial charge on any atom is -0.384 e. The van der Waals surface area contributed by atoms with Crippen molar-refractivity contribution >= 4 is 41.1 Å². The van der Waals surface area contributed by atoms with E-state index in [0.717, 1.165) is 49.5 Å². The molecule has 0 spiro atoms. The van der Waals surface area contributed by atoms with Crippen LogP contribution >= 0.6 is 23.5 Å². The minimum atomic E-state index is -0.446. The standard InChI is InChI=1S/C29H31ClFN5OS/c30-26-14-21(31)6-9-25(26)29(37)34-17-22-7-8-23(18-34)36(22)28-16-24(15-27(32)33-28)38-35-12-10-20(11-13-35)19-4-2-1-3-5-19/h1-6,9,14-16,20,22-23H,7-8,10-13,17-18H2,(H2,32,33). The maximum atomic E-state index is 13.5. The van der Waals surface area contributed by atoms with Crippen LogP contribution in [-0.4, -0.2) is 58.4 Å². The lowest BCUT2D eigenvalue weighted by atomic mass is 9.90. The molecular formula is C29H31ClFN5OS. The molecule has 3 aliphatic heterocycles. The van der Waals surface area contributed by atoms with E-state index in [1.165, 1.54) is 23.8 Å². The molecule has 2 unspecified atom stereocenters. The van der Waals surface area contributed by atoms with E-state index in [-0.39, 0.29) is 23.0 Å². The molecule has 3 fully saturated rings. The quantitative estimate of drug-likeness (QED) is 0.402. The van der Waals surface area contributed by atoms with Crippen molar-refractivity contribution in [2.24, 2.45) is 0 Å². The van der Waals surface area contributed by atoms with Crippen molar-refractivity contribution in [3.63, 3.8) is 0 Å². The van der Waals surface area contributed by atoms with E-state index in [2.05, 4.69) is 45.6 Å². The summed E-state index contributed by atoms with van der Waals surface area (Å²) in [6.45, 7) is 3.21. The van der Waals surface area contributed by atoms with Crippen molar-refractivity contribution in [2.45, 2.75) is 48.6 Å². The largest absolute Gasteiger partial charge is 0.384 e. The SMILES string of the molecule is Nc1cc(SN2CCC(c3ccccc3)CC2)cc(N2C3CCC2CN(C(=O)c2ccc(F)cc2Cl)C3)n1. The van der Waals surface area contributed by atoms with Crippen molar-refractivity contribution in [3.05, 3.63) is 82.6 Å². The van der Waals surface area contributed by atoms with Crippen molar-refractivity contribution < 1.29 is 9.18 Å². The van der Waals surface area contributed by atoms with Gasteiger partial charge < -0.3 is 15.5 Å². The third-order valence-electron chi connectivity index (χ3n) is 7.96. The van der Waals surface area contributed by atoms with Crippen LogP contribution in [0, 0.1) is 5.82 Å². The van der Waals surface area contributed by atoms with Gasteiger partial charge in [-0.2, -0.15) is 0 Å². The molecule has 2 aromatic carbocycles. The lowest BCUT2D eigenvalue weighted by Crippen LogP contribution is -2.55. The number of nitrogens with two attached hydrogens (primary N) is 1. The van der Waals surface area contributed by atoms with Crippen LogP contribution in [0.3, 0.4) is 0 Å². The molecule has 6 rings (SSSR count). The first-order valence-corrected chi connectivity index (χ1v) is 14.4.